The minimum Gasteiger partial charge on any atom is -0.389 e. The second kappa shape index (κ2) is 4.50. The Labute approximate surface area is 112 Å². The van der Waals surface area contributed by atoms with Gasteiger partial charge in [-0.25, -0.2) is 0 Å². The normalized spacial score (nSPS) is 19.1. The molecule has 1 saturated carbocycles. The maximum absolute atomic E-state index is 12.6. The topological polar surface area (TPSA) is 48.0 Å². The van der Waals surface area contributed by atoms with Crippen LogP contribution in [0.25, 0.3) is 0 Å². The number of aromatic nitrogens is 1. The number of rotatable bonds is 2. The van der Waals surface area contributed by atoms with E-state index in [0.29, 0.717) is 11.6 Å². The first-order valence-electron chi connectivity index (χ1n) is 6.75. The molecule has 96 valence electrons. The summed E-state index contributed by atoms with van der Waals surface area (Å²) < 4.78 is 2.02. The van der Waals surface area contributed by atoms with Crippen LogP contribution in [0.2, 0.25) is 0 Å². The largest absolute Gasteiger partial charge is 0.389 e. The Hall–Kier alpha value is -1.16. The summed E-state index contributed by atoms with van der Waals surface area (Å²) in [6.07, 6.45) is 7.91. The Morgan fingerprint density at radius 1 is 1.28 bits per heavy atom. The van der Waals surface area contributed by atoms with Crippen LogP contribution in [0.1, 0.15) is 55.0 Å². The number of aryl methyl sites for hydroxylation is 1. The number of nitrogens with zero attached hydrogens (tertiary/aromatic N) is 1. The van der Waals surface area contributed by atoms with Gasteiger partial charge in [-0.15, -0.1) is 0 Å². The van der Waals surface area contributed by atoms with Crippen molar-refractivity contribution in [3.63, 3.8) is 0 Å². The first-order valence-corrected chi connectivity index (χ1v) is 7.16. The van der Waals surface area contributed by atoms with Crippen molar-refractivity contribution < 1.29 is 0 Å². The third kappa shape index (κ3) is 1.79. The van der Waals surface area contributed by atoms with Crippen molar-refractivity contribution in [1.82, 2.24) is 4.57 Å². The molecular formula is C14H18N2OS. The summed E-state index contributed by atoms with van der Waals surface area (Å²) in [6, 6.07) is 2.30. The molecule has 3 nitrogen and oxygen atoms in total. The molecule has 0 atom stereocenters. The van der Waals surface area contributed by atoms with E-state index in [2.05, 4.69) is 0 Å². The summed E-state index contributed by atoms with van der Waals surface area (Å²) in [4.78, 5) is 12.8. The van der Waals surface area contributed by atoms with E-state index in [1.54, 1.807) is 0 Å². The Balaban J connectivity index is 2.21. The Morgan fingerprint density at radius 2 is 2.00 bits per heavy atom. The van der Waals surface area contributed by atoms with E-state index >= 15 is 0 Å². The van der Waals surface area contributed by atoms with Gasteiger partial charge in [-0.05, 0) is 43.7 Å². The lowest BCUT2D eigenvalue weighted by Crippen LogP contribution is -2.33. The average Bonchev–Trinajstić information content (AvgIpc) is 2.97. The van der Waals surface area contributed by atoms with Crippen LogP contribution in [0.4, 0.5) is 0 Å². The molecule has 3 rings (SSSR count). The third-order valence-electron chi connectivity index (χ3n) is 4.24. The molecule has 0 aromatic carbocycles. The Bertz CT molecular complexity index is 556. The van der Waals surface area contributed by atoms with Crippen molar-refractivity contribution in [3.8, 4) is 0 Å². The molecule has 1 aromatic rings. The first-order chi connectivity index (χ1) is 8.68. The van der Waals surface area contributed by atoms with Crippen molar-refractivity contribution in [2.75, 3.05) is 0 Å². The summed E-state index contributed by atoms with van der Waals surface area (Å²) in [5, 5.41) is 0. The van der Waals surface area contributed by atoms with E-state index in [4.69, 9.17) is 18.0 Å². The van der Waals surface area contributed by atoms with E-state index < -0.39 is 0 Å². The summed E-state index contributed by atoms with van der Waals surface area (Å²) in [5.74, 6) is 0. The predicted octanol–water partition coefficient (Wildman–Crippen LogP) is 2.09. The minimum absolute atomic E-state index is 0.0371. The number of hydrogen-bond donors (Lipinski definition) is 1. The zero-order valence-electron chi connectivity index (χ0n) is 10.4. The van der Waals surface area contributed by atoms with Crippen LogP contribution in [0, 0.1) is 0 Å². The summed E-state index contributed by atoms with van der Waals surface area (Å²) in [5.41, 5.74) is 8.80. The highest BCUT2D eigenvalue weighted by Gasteiger charge is 2.26. The van der Waals surface area contributed by atoms with Gasteiger partial charge in [-0.2, -0.15) is 0 Å². The molecule has 0 bridgehead atoms. The Kier molecular flexibility index (Phi) is 2.98. The molecule has 0 aliphatic heterocycles. The smallest absolute Gasteiger partial charge is 0.261 e. The molecule has 2 aliphatic rings. The van der Waals surface area contributed by atoms with Gasteiger partial charge in [0.05, 0.1) is 5.56 Å². The maximum atomic E-state index is 12.6. The second-order valence-electron chi connectivity index (χ2n) is 5.36. The van der Waals surface area contributed by atoms with E-state index in [1.807, 2.05) is 10.6 Å². The van der Waals surface area contributed by atoms with Gasteiger partial charge in [0.15, 0.2) is 0 Å². The molecule has 1 fully saturated rings. The van der Waals surface area contributed by atoms with Crippen LogP contribution in [0.15, 0.2) is 10.9 Å². The number of nitrogens with two attached hydrogens (primary N) is 1. The van der Waals surface area contributed by atoms with Gasteiger partial charge in [-0.3, -0.25) is 4.79 Å². The first kappa shape index (κ1) is 11.9. The van der Waals surface area contributed by atoms with Crippen molar-refractivity contribution in [2.24, 2.45) is 5.73 Å². The number of hydrogen-bond acceptors (Lipinski definition) is 2. The van der Waals surface area contributed by atoms with E-state index in [-0.39, 0.29) is 10.5 Å². The van der Waals surface area contributed by atoms with Crippen LogP contribution in [-0.4, -0.2) is 9.56 Å². The lowest BCUT2D eigenvalue weighted by Gasteiger charge is -2.20. The predicted molar refractivity (Wildman–Crippen MR) is 76.1 cm³/mol. The zero-order chi connectivity index (χ0) is 12.7. The van der Waals surface area contributed by atoms with E-state index in [9.17, 15) is 4.79 Å². The molecule has 0 saturated heterocycles. The highest BCUT2D eigenvalue weighted by molar-refractivity contribution is 7.80. The molecule has 4 heteroatoms. The molecular weight excluding hydrogens is 244 g/mol. The van der Waals surface area contributed by atoms with Crippen molar-refractivity contribution in [2.45, 2.75) is 51.0 Å². The fourth-order valence-electron chi connectivity index (χ4n) is 3.40. The van der Waals surface area contributed by atoms with Gasteiger partial charge in [-0.1, -0.05) is 25.1 Å². The standard InChI is InChI=1S/C14H18N2OS/c15-13(18)11-8-9-4-3-7-12(9)16(14(11)17)10-5-1-2-6-10/h8,10H,1-7H2,(H2,15,18). The second-order valence-corrected chi connectivity index (χ2v) is 5.80. The van der Waals surface area contributed by atoms with Crippen LogP contribution in [0.5, 0.6) is 0 Å². The van der Waals surface area contributed by atoms with Gasteiger partial charge < -0.3 is 10.3 Å². The SMILES string of the molecule is NC(=S)c1cc2c(n(C3CCCC3)c1=O)CCC2. The maximum Gasteiger partial charge on any atom is 0.261 e. The third-order valence-corrected chi connectivity index (χ3v) is 4.46. The van der Waals surface area contributed by atoms with Crippen molar-refractivity contribution >= 4 is 17.2 Å². The molecule has 1 heterocycles. The van der Waals surface area contributed by atoms with Crippen molar-refractivity contribution in [3.05, 3.63) is 33.2 Å². The molecule has 0 amide bonds. The lowest BCUT2D eigenvalue weighted by atomic mass is 10.1. The van der Waals surface area contributed by atoms with Crippen LogP contribution < -0.4 is 11.3 Å². The Morgan fingerprint density at radius 3 is 2.67 bits per heavy atom. The zero-order valence-corrected chi connectivity index (χ0v) is 11.3. The lowest BCUT2D eigenvalue weighted by molar-refractivity contribution is 0.485. The number of pyridine rings is 1. The molecule has 0 spiro atoms. The molecule has 18 heavy (non-hydrogen) atoms. The fourth-order valence-corrected chi connectivity index (χ4v) is 3.54. The van der Waals surface area contributed by atoms with Gasteiger partial charge in [0.2, 0.25) is 0 Å². The molecule has 0 radical (unpaired) electrons. The summed E-state index contributed by atoms with van der Waals surface area (Å²) in [7, 11) is 0. The van der Waals surface area contributed by atoms with Gasteiger partial charge in [0.25, 0.3) is 5.56 Å². The van der Waals surface area contributed by atoms with Crippen molar-refractivity contribution in [1.29, 1.82) is 0 Å². The average molecular weight is 262 g/mol. The van der Waals surface area contributed by atoms with Gasteiger partial charge in [0.1, 0.15) is 4.99 Å². The molecule has 2 N–H and O–H groups in total. The fraction of sp³-hybridized carbons (Fsp3) is 0.571. The molecule has 0 unspecified atom stereocenters. The van der Waals surface area contributed by atoms with Gasteiger partial charge >= 0.3 is 0 Å². The van der Waals surface area contributed by atoms with E-state index in [1.165, 1.54) is 24.1 Å². The number of thiocarbonyl (C=S) groups is 1. The van der Waals surface area contributed by atoms with Gasteiger partial charge in [0, 0.05) is 11.7 Å². The highest BCUT2D eigenvalue weighted by atomic mass is 32.1. The van der Waals surface area contributed by atoms with Crippen LogP contribution in [-0.2, 0) is 12.8 Å². The summed E-state index contributed by atoms with van der Waals surface area (Å²) >= 11 is 5.02. The van der Waals surface area contributed by atoms with E-state index in [0.717, 1.165) is 32.1 Å². The summed E-state index contributed by atoms with van der Waals surface area (Å²) in [6.45, 7) is 0. The highest BCUT2D eigenvalue weighted by Crippen LogP contribution is 2.32. The monoisotopic (exact) mass is 262 g/mol. The molecule has 2 aliphatic carbocycles. The molecule has 1 aromatic heterocycles. The quantitative estimate of drug-likeness (QED) is 0.830. The van der Waals surface area contributed by atoms with Crippen LogP contribution in [0.3, 0.4) is 0 Å². The van der Waals surface area contributed by atoms with Crippen LogP contribution >= 0.6 is 12.2 Å². The minimum atomic E-state index is 0.0371. The number of fused-ring (bicyclic) bond motifs is 1.